The quantitative estimate of drug-likeness (QED) is 0.891. The van der Waals surface area contributed by atoms with Gasteiger partial charge in [0, 0.05) is 18.7 Å². The fourth-order valence-electron chi connectivity index (χ4n) is 2.78. The summed E-state index contributed by atoms with van der Waals surface area (Å²) in [6, 6.07) is 9.13. The van der Waals surface area contributed by atoms with Crippen molar-refractivity contribution in [3.05, 3.63) is 41.7 Å². The van der Waals surface area contributed by atoms with Gasteiger partial charge in [0.2, 0.25) is 5.91 Å². The largest absolute Gasteiger partial charge is 0.319 e. The fraction of sp³-hybridized carbons (Fsp3) is 0.353. The summed E-state index contributed by atoms with van der Waals surface area (Å²) in [6.45, 7) is 2.76. The number of amides is 2. The summed E-state index contributed by atoms with van der Waals surface area (Å²) < 4.78 is 0. The van der Waals surface area contributed by atoms with Gasteiger partial charge in [0.05, 0.1) is 11.4 Å². The molecule has 0 atom stereocenters. The maximum absolute atomic E-state index is 12.4. The number of aromatic amines is 1. The van der Waals surface area contributed by atoms with Gasteiger partial charge in [-0.3, -0.25) is 14.7 Å². The minimum atomic E-state index is -0.275. The van der Waals surface area contributed by atoms with Crippen LogP contribution in [0, 0.1) is 0 Å². The number of rotatable bonds is 5. The number of para-hydroxylation sites is 2. The van der Waals surface area contributed by atoms with E-state index < -0.39 is 0 Å². The molecule has 23 heavy (non-hydrogen) atoms. The maximum atomic E-state index is 12.4. The van der Waals surface area contributed by atoms with Gasteiger partial charge in [0.1, 0.15) is 0 Å². The number of nitrogens with zero attached hydrogens (tertiary/aromatic N) is 2. The first-order chi connectivity index (χ1) is 11.2. The van der Waals surface area contributed by atoms with Gasteiger partial charge >= 0.3 is 0 Å². The van der Waals surface area contributed by atoms with Gasteiger partial charge in [0.15, 0.2) is 5.69 Å². The summed E-state index contributed by atoms with van der Waals surface area (Å²) in [5, 5.41) is 9.79. The molecular formula is C17H20N4O2. The molecule has 3 rings (SSSR count). The van der Waals surface area contributed by atoms with E-state index in [1.807, 2.05) is 18.2 Å². The van der Waals surface area contributed by atoms with Crippen LogP contribution in [0.4, 0.5) is 11.4 Å². The highest BCUT2D eigenvalue weighted by Gasteiger charge is 2.24. The molecule has 0 unspecified atom stereocenters. The molecule has 2 amide bonds. The van der Waals surface area contributed by atoms with Crippen LogP contribution in [0.2, 0.25) is 0 Å². The lowest BCUT2D eigenvalue weighted by molar-refractivity contribution is -0.117. The number of carbonyl (C=O) groups is 2. The van der Waals surface area contributed by atoms with Crippen LogP contribution in [0.5, 0.6) is 0 Å². The molecule has 120 valence electrons. The molecule has 1 aromatic heterocycles. The summed E-state index contributed by atoms with van der Waals surface area (Å²) in [4.78, 5) is 26.1. The van der Waals surface area contributed by atoms with E-state index in [2.05, 4.69) is 22.4 Å². The molecule has 2 N–H and O–H groups in total. The van der Waals surface area contributed by atoms with E-state index in [1.54, 1.807) is 17.0 Å². The lowest BCUT2D eigenvalue weighted by Gasteiger charge is -2.19. The molecular weight excluding hydrogens is 292 g/mol. The van der Waals surface area contributed by atoms with Crippen LogP contribution in [-0.2, 0) is 11.2 Å². The molecule has 0 saturated carbocycles. The first-order valence-electron chi connectivity index (χ1n) is 7.94. The van der Waals surface area contributed by atoms with E-state index in [-0.39, 0.29) is 11.8 Å². The SMILES string of the molecule is CCCc1cc(C(=O)Nc2ccccc2N2CCCC2=O)n[nH]1. The van der Waals surface area contributed by atoms with Crippen LogP contribution in [0.25, 0.3) is 0 Å². The van der Waals surface area contributed by atoms with Crippen molar-refractivity contribution in [2.45, 2.75) is 32.6 Å². The van der Waals surface area contributed by atoms with Crippen LogP contribution >= 0.6 is 0 Å². The number of hydrogen-bond donors (Lipinski definition) is 2. The van der Waals surface area contributed by atoms with Crippen molar-refractivity contribution in [2.24, 2.45) is 0 Å². The van der Waals surface area contributed by atoms with Gasteiger partial charge in [0.25, 0.3) is 5.91 Å². The second-order valence-corrected chi connectivity index (χ2v) is 5.65. The summed E-state index contributed by atoms with van der Waals surface area (Å²) >= 11 is 0. The van der Waals surface area contributed by atoms with E-state index in [4.69, 9.17) is 0 Å². The minimum Gasteiger partial charge on any atom is -0.319 e. The molecule has 1 fully saturated rings. The Kier molecular flexibility index (Phi) is 4.41. The number of nitrogens with one attached hydrogen (secondary N) is 2. The van der Waals surface area contributed by atoms with Crippen LogP contribution in [0.15, 0.2) is 30.3 Å². The monoisotopic (exact) mass is 312 g/mol. The Bertz CT molecular complexity index is 723. The predicted molar refractivity (Wildman–Crippen MR) is 88.6 cm³/mol. The summed E-state index contributed by atoms with van der Waals surface area (Å²) in [7, 11) is 0. The van der Waals surface area contributed by atoms with Crippen molar-refractivity contribution in [3.8, 4) is 0 Å². The summed E-state index contributed by atoms with van der Waals surface area (Å²) in [6.07, 6.45) is 3.26. The lowest BCUT2D eigenvalue weighted by Crippen LogP contribution is -2.25. The molecule has 6 nitrogen and oxygen atoms in total. The number of hydrogen-bond acceptors (Lipinski definition) is 3. The standard InChI is InChI=1S/C17H20N4O2/c1-2-6-12-11-14(20-19-12)17(23)18-13-7-3-4-8-15(13)21-10-5-9-16(21)22/h3-4,7-8,11H,2,5-6,9-10H2,1H3,(H,18,23)(H,19,20). The molecule has 0 spiro atoms. The molecule has 1 aromatic carbocycles. The first kappa shape index (κ1) is 15.3. The minimum absolute atomic E-state index is 0.0942. The Morgan fingerprint density at radius 2 is 2.22 bits per heavy atom. The van der Waals surface area contributed by atoms with Crippen molar-refractivity contribution in [1.29, 1.82) is 0 Å². The van der Waals surface area contributed by atoms with Crippen LogP contribution in [0.3, 0.4) is 0 Å². The number of aromatic nitrogens is 2. The molecule has 1 aliphatic rings. The third kappa shape index (κ3) is 3.26. The van der Waals surface area contributed by atoms with Gasteiger partial charge < -0.3 is 10.2 Å². The van der Waals surface area contributed by atoms with Crippen LogP contribution in [0.1, 0.15) is 42.4 Å². The van der Waals surface area contributed by atoms with E-state index in [1.165, 1.54) is 0 Å². The lowest BCUT2D eigenvalue weighted by atomic mass is 10.2. The smallest absolute Gasteiger partial charge is 0.276 e. The van der Waals surface area contributed by atoms with Crippen molar-refractivity contribution >= 4 is 23.2 Å². The Morgan fingerprint density at radius 1 is 1.39 bits per heavy atom. The number of benzene rings is 1. The average molecular weight is 312 g/mol. The Morgan fingerprint density at radius 3 is 2.96 bits per heavy atom. The zero-order valence-electron chi connectivity index (χ0n) is 13.1. The highest BCUT2D eigenvalue weighted by Crippen LogP contribution is 2.29. The zero-order chi connectivity index (χ0) is 16.2. The highest BCUT2D eigenvalue weighted by molar-refractivity contribution is 6.07. The summed E-state index contributed by atoms with van der Waals surface area (Å²) in [5.74, 6) is -0.181. The first-order valence-corrected chi connectivity index (χ1v) is 7.94. The maximum Gasteiger partial charge on any atom is 0.276 e. The summed E-state index contributed by atoms with van der Waals surface area (Å²) in [5.41, 5.74) is 2.68. The fourth-order valence-corrected chi connectivity index (χ4v) is 2.78. The molecule has 2 heterocycles. The predicted octanol–water partition coefficient (Wildman–Crippen LogP) is 2.74. The van der Waals surface area contributed by atoms with E-state index in [0.29, 0.717) is 24.3 Å². The zero-order valence-corrected chi connectivity index (χ0v) is 13.1. The van der Waals surface area contributed by atoms with Gasteiger partial charge in [-0.05, 0) is 31.0 Å². The number of carbonyl (C=O) groups excluding carboxylic acids is 2. The highest BCUT2D eigenvalue weighted by atomic mass is 16.2. The van der Waals surface area contributed by atoms with E-state index >= 15 is 0 Å². The van der Waals surface area contributed by atoms with E-state index in [9.17, 15) is 9.59 Å². The van der Waals surface area contributed by atoms with Gasteiger partial charge in [-0.25, -0.2) is 0 Å². The Balaban J connectivity index is 1.79. The van der Waals surface area contributed by atoms with Gasteiger partial charge in [-0.15, -0.1) is 0 Å². The molecule has 1 saturated heterocycles. The second-order valence-electron chi connectivity index (χ2n) is 5.65. The molecule has 0 radical (unpaired) electrons. The Labute approximate surface area is 134 Å². The van der Waals surface area contributed by atoms with Gasteiger partial charge in [-0.1, -0.05) is 25.5 Å². The third-order valence-electron chi connectivity index (χ3n) is 3.90. The Hall–Kier alpha value is -2.63. The van der Waals surface area contributed by atoms with Crippen LogP contribution < -0.4 is 10.2 Å². The number of aryl methyl sites for hydroxylation is 1. The van der Waals surface area contributed by atoms with Crippen molar-refractivity contribution in [2.75, 3.05) is 16.8 Å². The second kappa shape index (κ2) is 6.64. The van der Waals surface area contributed by atoms with Crippen LogP contribution in [-0.4, -0.2) is 28.6 Å². The number of anilines is 2. The van der Waals surface area contributed by atoms with Crippen molar-refractivity contribution in [3.63, 3.8) is 0 Å². The molecule has 0 bridgehead atoms. The van der Waals surface area contributed by atoms with E-state index in [0.717, 1.165) is 30.6 Å². The normalized spacial score (nSPS) is 14.3. The molecule has 2 aromatic rings. The van der Waals surface area contributed by atoms with Crippen molar-refractivity contribution < 1.29 is 9.59 Å². The molecule has 1 aliphatic heterocycles. The third-order valence-corrected chi connectivity index (χ3v) is 3.90. The average Bonchev–Trinajstić information content (AvgIpc) is 3.17. The molecule has 6 heteroatoms. The topological polar surface area (TPSA) is 78.1 Å². The van der Waals surface area contributed by atoms with Gasteiger partial charge in [-0.2, -0.15) is 5.10 Å². The molecule has 0 aliphatic carbocycles. The van der Waals surface area contributed by atoms with Crippen molar-refractivity contribution in [1.82, 2.24) is 10.2 Å². The number of H-pyrrole nitrogens is 1.